The number of ether oxygens (including phenoxy) is 1. The molecule has 1 fully saturated rings. The van der Waals surface area contributed by atoms with Gasteiger partial charge in [0, 0.05) is 0 Å². The minimum absolute atomic E-state index is 0.0687. The third-order valence-electron chi connectivity index (χ3n) is 2.71. The van der Waals surface area contributed by atoms with Crippen LogP contribution >= 0.6 is 0 Å². The largest absolute Gasteiger partial charge is 0.370 e. The van der Waals surface area contributed by atoms with Crippen molar-refractivity contribution in [1.82, 2.24) is 0 Å². The normalized spacial score (nSPS) is 30.2. The Balaban J connectivity index is 2.39. The molecule has 1 aliphatic heterocycles. The summed E-state index contributed by atoms with van der Waals surface area (Å²) in [5.41, 5.74) is -0.185. The molecule has 2 heteroatoms. The minimum Gasteiger partial charge on any atom is -0.370 e. The maximum Gasteiger partial charge on any atom is 0.0889 e. The van der Waals surface area contributed by atoms with Gasteiger partial charge < -0.3 is 4.74 Å². The standard InChI is InChI=1S/C11H17NO/c1-4-5-10(2,8-12)6-7-11(3)9-13-11/h4H,1,5-7,9H2,2-3H3. The van der Waals surface area contributed by atoms with Crippen LogP contribution in [0.2, 0.25) is 0 Å². The van der Waals surface area contributed by atoms with Gasteiger partial charge in [-0.2, -0.15) is 5.26 Å². The molecule has 0 aromatic heterocycles. The number of nitriles is 1. The Morgan fingerprint density at radius 1 is 1.77 bits per heavy atom. The van der Waals surface area contributed by atoms with Crippen molar-refractivity contribution in [2.24, 2.45) is 5.41 Å². The average molecular weight is 179 g/mol. The first kappa shape index (κ1) is 10.3. The summed E-state index contributed by atoms with van der Waals surface area (Å²) in [6.07, 6.45) is 4.45. The molecule has 0 aromatic carbocycles. The summed E-state index contributed by atoms with van der Waals surface area (Å²) in [7, 11) is 0. The molecule has 1 saturated heterocycles. The van der Waals surface area contributed by atoms with Crippen LogP contribution in [0, 0.1) is 16.7 Å². The van der Waals surface area contributed by atoms with E-state index in [1.165, 1.54) is 0 Å². The van der Waals surface area contributed by atoms with Crippen molar-refractivity contribution < 1.29 is 4.74 Å². The van der Waals surface area contributed by atoms with Gasteiger partial charge in [-0.1, -0.05) is 6.08 Å². The number of allylic oxidation sites excluding steroid dienone is 1. The zero-order valence-corrected chi connectivity index (χ0v) is 8.47. The highest BCUT2D eigenvalue weighted by atomic mass is 16.6. The third-order valence-corrected chi connectivity index (χ3v) is 2.71. The Bertz CT molecular complexity index is 237. The van der Waals surface area contributed by atoms with E-state index in [2.05, 4.69) is 19.6 Å². The van der Waals surface area contributed by atoms with Gasteiger partial charge in [-0.15, -0.1) is 6.58 Å². The molecule has 0 spiro atoms. The Morgan fingerprint density at radius 3 is 2.77 bits per heavy atom. The fourth-order valence-corrected chi connectivity index (χ4v) is 1.33. The lowest BCUT2D eigenvalue weighted by atomic mass is 9.82. The second-order valence-corrected chi connectivity index (χ2v) is 4.40. The van der Waals surface area contributed by atoms with E-state index in [1.54, 1.807) is 0 Å². The summed E-state index contributed by atoms with van der Waals surface area (Å²) in [6, 6.07) is 2.35. The average Bonchev–Trinajstić information content (AvgIpc) is 2.82. The van der Waals surface area contributed by atoms with Gasteiger partial charge in [0.05, 0.1) is 23.7 Å². The van der Waals surface area contributed by atoms with E-state index in [0.717, 1.165) is 25.9 Å². The second kappa shape index (κ2) is 3.51. The van der Waals surface area contributed by atoms with Crippen LogP contribution in [0.1, 0.15) is 33.1 Å². The number of hydrogen-bond acceptors (Lipinski definition) is 2. The Labute approximate surface area is 80.2 Å². The second-order valence-electron chi connectivity index (χ2n) is 4.40. The molecule has 72 valence electrons. The van der Waals surface area contributed by atoms with E-state index in [9.17, 15) is 0 Å². The van der Waals surface area contributed by atoms with Crippen molar-refractivity contribution in [1.29, 1.82) is 5.26 Å². The number of epoxide rings is 1. The van der Waals surface area contributed by atoms with Crippen LogP contribution in [-0.4, -0.2) is 12.2 Å². The molecule has 2 nitrogen and oxygen atoms in total. The van der Waals surface area contributed by atoms with Crippen molar-refractivity contribution in [3.63, 3.8) is 0 Å². The van der Waals surface area contributed by atoms with Crippen LogP contribution in [0.3, 0.4) is 0 Å². The molecule has 2 atom stereocenters. The summed E-state index contributed by atoms with van der Waals surface area (Å²) in [4.78, 5) is 0. The highest BCUT2D eigenvalue weighted by Gasteiger charge is 2.40. The lowest BCUT2D eigenvalue weighted by Gasteiger charge is -2.20. The Morgan fingerprint density at radius 2 is 2.38 bits per heavy atom. The number of rotatable bonds is 5. The predicted octanol–water partition coefficient (Wildman–Crippen LogP) is 2.66. The maximum absolute atomic E-state index is 9.00. The molecule has 0 aliphatic carbocycles. The lowest BCUT2D eigenvalue weighted by Crippen LogP contribution is -2.16. The van der Waals surface area contributed by atoms with Gasteiger partial charge in [0.15, 0.2) is 0 Å². The van der Waals surface area contributed by atoms with Crippen molar-refractivity contribution in [2.75, 3.05) is 6.61 Å². The van der Waals surface area contributed by atoms with Gasteiger partial charge in [0.25, 0.3) is 0 Å². The molecule has 0 N–H and O–H groups in total. The van der Waals surface area contributed by atoms with Crippen LogP contribution < -0.4 is 0 Å². The quantitative estimate of drug-likeness (QED) is 0.480. The van der Waals surface area contributed by atoms with E-state index in [-0.39, 0.29) is 11.0 Å². The van der Waals surface area contributed by atoms with Gasteiger partial charge >= 0.3 is 0 Å². The molecule has 13 heavy (non-hydrogen) atoms. The van der Waals surface area contributed by atoms with E-state index in [1.807, 2.05) is 13.0 Å². The first-order valence-corrected chi connectivity index (χ1v) is 4.70. The van der Waals surface area contributed by atoms with Gasteiger partial charge in [-0.3, -0.25) is 0 Å². The van der Waals surface area contributed by atoms with Crippen molar-refractivity contribution in [2.45, 2.75) is 38.7 Å². The molecule has 1 aliphatic rings. The zero-order chi connectivity index (χ0) is 9.95. The first-order valence-electron chi connectivity index (χ1n) is 4.70. The molecule has 0 amide bonds. The minimum atomic E-state index is -0.253. The fraction of sp³-hybridized carbons (Fsp3) is 0.727. The van der Waals surface area contributed by atoms with E-state index in [4.69, 9.17) is 10.00 Å². The molecule has 0 aromatic rings. The van der Waals surface area contributed by atoms with E-state index >= 15 is 0 Å². The highest BCUT2D eigenvalue weighted by molar-refractivity contribution is 5.01. The summed E-state index contributed by atoms with van der Waals surface area (Å²) in [5.74, 6) is 0. The molecule has 1 heterocycles. The molecule has 0 bridgehead atoms. The number of hydrogen-bond donors (Lipinski definition) is 0. The van der Waals surface area contributed by atoms with E-state index in [0.29, 0.717) is 0 Å². The molecular weight excluding hydrogens is 162 g/mol. The van der Waals surface area contributed by atoms with Gasteiger partial charge in [0.2, 0.25) is 0 Å². The highest BCUT2D eigenvalue weighted by Crippen LogP contribution is 2.37. The summed E-state index contributed by atoms with van der Waals surface area (Å²) >= 11 is 0. The summed E-state index contributed by atoms with van der Waals surface area (Å²) in [5, 5.41) is 9.00. The van der Waals surface area contributed by atoms with Gasteiger partial charge in [0.1, 0.15) is 0 Å². The fourth-order valence-electron chi connectivity index (χ4n) is 1.33. The summed E-state index contributed by atoms with van der Waals surface area (Å²) < 4.78 is 5.28. The molecule has 0 saturated carbocycles. The van der Waals surface area contributed by atoms with Gasteiger partial charge in [-0.05, 0) is 33.1 Å². The SMILES string of the molecule is C=CCC(C)(C#N)CCC1(C)CO1. The first-order chi connectivity index (χ1) is 6.04. The van der Waals surface area contributed by atoms with E-state index < -0.39 is 0 Å². The third kappa shape index (κ3) is 2.86. The predicted molar refractivity (Wildman–Crippen MR) is 52.1 cm³/mol. The monoisotopic (exact) mass is 179 g/mol. The lowest BCUT2D eigenvalue weighted by molar-refractivity contribution is 0.270. The molecule has 0 radical (unpaired) electrons. The van der Waals surface area contributed by atoms with Crippen LogP contribution in [0.5, 0.6) is 0 Å². The van der Waals surface area contributed by atoms with Crippen LogP contribution in [0.4, 0.5) is 0 Å². The Kier molecular flexibility index (Phi) is 2.77. The molecule has 2 unspecified atom stereocenters. The topological polar surface area (TPSA) is 36.3 Å². The summed E-state index contributed by atoms with van der Waals surface area (Å²) in [6.45, 7) is 8.60. The van der Waals surface area contributed by atoms with Gasteiger partial charge in [-0.25, -0.2) is 0 Å². The molecular formula is C11H17NO. The smallest absolute Gasteiger partial charge is 0.0889 e. The van der Waals surface area contributed by atoms with Crippen molar-refractivity contribution >= 4 is 0 Å². The Hall–Kier alpha value is -0.810. The van der Waals surface area contributed by atoms with Crippen LogP contribution in [-0.2, 0) is 4.74 Å². The maximum atomic E-state index is 9.00. The van der Waals surface area contributed by atoms with Crippen LogP contribution in [0.15, 0.2) is 12.7 Å². The van der Waals surface area contributed by atoms with Crippen LogP contribution in [0.25, 0.3) is 0 Å². The van der Waals surface area contributed by atoms with Crippen molar-refractivity contribution in [3.8, 4) is 6.07 Å². The zero-order valence-electron chi connectivity index (χ0n) is 8.47. The van der Waals surface area contributed by atoms with Crippen molar-refractivity contribution in [3.05, 3.63) is 12.7 Å². The molecule has 1 rings (SSSR count). The number of nitrogens with zero attached hydrogens (tertiary/aromatic N) is 1.